The molecule has 204 valence electrons. The lowest BCUT2D eigenvalue weighted by atomic mass is 9.67. The van der Waals surface area contributed by atoms with Crippen LogP contribution in [0.2, 0.25) is 0 Å². The van der Waals surface area contributed by atoms with Gasteiger partial charge in [0.15, 0.2) is 0 Å². The number of ether oxygens (including phenoxy) is 2. The molecule has 7 nitrogen and oxygen atoms in total. The van der Waals surface area contributed by atoms with Gasteiger partial charge in [0.1, 0.15) is 16.6 Å². The van der Waals surface area contributed by atoms with Crippen LogP contribution in [0.5, 0.6) is 0 Å². The Bertz CT molecular complexity index is 1390. The van der Waals surface area contributed by atoms with Gasteiger partial charge < -0.3 is 14.8 Å². The highest BCUT2D eigenvalue weighted by molar-refractivity contribution is 6.23. The summed E-state index contributed by atoms with van der Waals surface area (Å²) in [5, 5.41) is 3.03. The Morgan fingerprint density at radius 3 is 1.97 bits per heavy atom. The molecule has 0 aromatic heterocycles. The summed E-state index contributed by atoms with van der Waals surface area (Å²) < 4.78 is 11.4. The molecule has 1 aliphatic rings. The van der Waals surface area contributed by atoms with Gasteiger partial charge in [-0.15, -0.1) is 0 Å². The van der Waals surface area contributed by atoms with Gasteiger partial charge in [-0.25, -0.2) is 14.5 Å². The third kappa shape index (κ3) is 5.39. The van der Waals surface area contributed by atoms with Gasteiger partial charge in [-0.1, -0.05) is 72.8 Å². The molecule has 0 aliphatic carbocycles. The molecule has 0 radical (unpaired) electrons. The Morgan fingerprint density at radius 2 is 1.36 bits per heavy atom. The molecule has 1 heterocycles. The average molecular weight is 529 g/mol. The Balaban J connectivity index is 2.03. The number of hydrogen-bond acceptors (Lipinski definition) is 5. The van der Waals surface area contributed by atoms with E-state index in [1.54, 1.807) is 53.7 Å². The number of para-hydroxylation sites is 1. The number of nitrogens with zero attached hydrogens (tertiary/aromatic N) is 1. The van der Waals surface area contributed by atoms with Crippen molar-refractivity contribution in [2.45, 2.75) is 71.1 Å². The molecule has 3 aromatic carbocycles. The molecule has 1 aliphatic heterocycles. The van der Waals surface area contributed by atoms with Crippen LogP contribution < -0.4 is 10.2 Å². The number of amides is 3. The zero-order chi connectivity index (χ0) is 28.6. The lowest BCUT2D eigenvalue weighted by molar-refractivity contribution is -0.122. The number of alkyl carbamates (subject to hydrolysis) is 1. The van der Waals surface area contributed by atoms with Crippen LogP contribution in [0, 0.1) is 6.92 Å². The SMILES string of the molecule is Cc1ccccc1[C@H](NC(=O)OC(C)(C)C)C1(c2ccccc2)C(=O)N(C(=O)OC(C)(C)C)c2ccccc21. The molecule has 0 saturated carbocycles. The predicted octanol–water partition coefficient (Wildman–Crippen LogP) is 6.83. The fraction of sp³-hybridized carbons (Fsp3) is 0.344. The Morgan fingerprint density at radius 1 is 0.795 bits per heavy atom. The molecule has 39 heavy (non-hydrogen) atoms. The smallest absolute Gasteiger partial charge is 0.421 e. The van der Waals surface area contributed by atoms with Crippen molar-refractivity contribution in [1.29, 1.82) is 0 Å². The molecule has 7 heteroatoms. The average Bonchev–Trinajstić information content (AvgIpc) is 3.10. The molecular formula is C32H36N2O5. The van der Waals surface area contributed by atoms with Gasteiger partial charge in [0.2, 0.25) is 0 Å². The van der Waals surface area contributed by atoms with Crippen molar-refractivity contribution in [2.75, 3.05) is 4.90 Å². The van der Waals surface area contributed by atoms with Crippen molar-refractivity contribution in [3.05, 3.63) is 101 Å². The molecule has 0 bridgehead atoms. The van der Waals surface area contributed by atoms with Crippen molar-refractivity contribution < 1.29 is 23.9 Å². The molecule has 0 spiro atoms. The number of benzene rings is 3. The summed E-state index contributed by atoms with van der Waals surface area (Å²) in [7, 11) is 0. The van der Waals surface area contributed by atoms with E-state index in [0.29, 0.717) is 16.8 Å². The first-order valence-electron chi connectivity index (χ1n) is 13.0. The van der Waals surface area contributed by atoms with Crippen LogP contribution in [-0.2, 0) is 19.7 Å². The highest BCUT2D eigenvalue weighted by Crippen LogP contribution is 2.53. The van der Waals surface area contributed by atoms with E-state index < -0.39 is 40.8 Å². The monoisotopic (exact) mass is 528 g/mol. The maximum atomic E-state index is 14.8. The third-order valence-electron chi connectivity index (χ3n) is 6.51. The second-order valence-electron chi connectivity index (χ2n) is 11.7. The highest BCUT2D eigenvalue weighted by atomic mass is 16.6. The van der Waals surface area contributed by atoms with Crippen molar-refractivity contribution in [2.24, 2.45) is 0 Å². The maximum Gasteiger partial charge on any atom is 0.421 e. The lowest BCUT2D eigenvalue weighted by Crippen LogP contribution is -2.53. The summed E-state index contributed by atoms with van der Waals surface area (Å²) in [5.74, 6) is -0.520. The van der Waals surface area contributed by atoms with E-state index >= 15 is 0 Å². The van der Waals surface area contributed by atoms with Gasteiger partial charge in [-0.05, 0) is 76.8 Å². The zero-order valence-corrected chi connectivity index (χ0v) is 23.6. The van der Waals surface area contributed by atoms with Crippen LogP contribution in [0.25, 0.3) is 0 Å². The van der Waals surface area contributed by atoms with Crippen LogP contribution >= 0.6 is 0 Å². The first-order chi connectivity index (χ1) is 18.3. The minimum atomic E-state index is -1.50. The van der Waals surface area contributed by atoms with E-state index in [0.717, 1.165) is 16.0 Å². The van der Waals surface area contributed by atoms with Gasteiger partial charge in [-0.3, -0.25) is 4.79 Å². The van der Waals surface area contributed by atoms with E-state index in [1.165, 1.54) is 0 Å². The van der Waals surface area contributed by atoms with Crippen LogP contribution in [0.4, 0.5) is 15.3 Å². The minimum absolute atomic E-state index is 0.408. The van der Waals surface area contributed by atoms with E-state index in [-0.39, 0.29) is 0 Å². The molecule has 4 rings (SSSR count). The second-order valence-corrected chi connectivity index (χ2v) is 11.7. The molecule has 1 unspecified atom stereocenters. The molecule has 3 aromatic rings. The molecule has 1 N–H and O–H groups in total. The van der Waals surface area contributed by atoms with Crippen LogP contribution in [0.15, 0.2) is 78.9 Å². The number of aryl methyl sites for hydroxylation is 1. The number of carbonyl (C=O) groups excluding carboxylic acids is 3. The van der Waals surface area contributed by atoms with E-state index in [2.05, 4.69) is 5.32 Å². The summed E-state index contributed by atoms with van der Waals surface area (Å²) in [6, 6.07) is 23.0. The Labute approximate surface area is 230 Å². The third-order valence-corrected chi connectivity index (χ3v) is 6.51. The number of anilines is 1. The summed E-state index contributed by atoms with van der Waals surface area (Å²) in [6.07, 6.45) is -1.45. The summed E-state index contributed by atoms with van der Waals surface area (Å²) in [6.45, 7) is 12.5. The summed E-state index contributed by atoms with van der Waals surface area (Å²) in [5.41, 5.74) is 0.114. The van der Waals surface area contributed by atoms with Gasteiger partial charge >= 0.3 is 12.2 Å². The molecular weight excluding hydrogens is 492 g/mol. The van der Waals surface area contributed by atoms with Gasteiger partial charge in [0.25, 0.3) is 5.91 Å². The number of imide groups is 1. The van der Waals surface area contributed by atoms with Crippen LogP contribution in [0.3, 0.4) is 0 Å². The van der Waals surface area contributed by atoms with Crippen molar-refractivity contribution in [3.8, 4) is 0 Å². The van der Waals surface area contributed by atoms with E-state index in [1.807, 2.05) is 73.7 Å². The van der Waals surface area contributed by atoms with Gasteiger partial charge in [-0.2, -0.15) is 0 Å². The topological polar surface area (TPSA) is 84.9 Å². The van der Waals surface area contributed by atoms with Crippen molar-refractivity contribution >= 4 is 23.8 Å². The number of carbonyl (C=O) groups is 3. The van der Waals surface area contributed by atoms with Crippen LogP contribution in [-0.4, -0.2) is 29.3 Å². The standard InChI is InChI=1S/C32H36N2O5/c1-21-15-11-12-18-23(21)26(33-28(36)38-30(2,3)4)32(22-16-9-8-10-17-22)24-19-13-14-20-25(24)34(27(32)35)29(37)39-31(5,6)7/h8-20,26H,1-7H3,(H,33,36)/t26-,32?/m0/s1. The highest BCUT2D eigenvalue weighted by Gasteiger charge is 2.60. The molecule has 0 saturated heterocycles. The number of fused-ring (bicyclic) bond motifs is 1. The maximum absolute atomic E-state index is 14.8. The lowest BCUT2D eigenvalue weighted by Gasteiger charge is -2.38. The minimum Gasteiger partial charge on any atom is -0.444 e. The summed E-state index contributed by atoms with van der Waals surface area (Å²) >= 11 is 0. The van der Waals surface area contributed by atoms with E-state index in [9.17, 15) is 14.4 Å². The van der Waals surface area contributed by atoms with E-state index in [4.69, 9.17) is 9.47 Å². The van der Waals surface area contributed by atoms with Crippen LogP contribution in [0.1, 0.15) is 69.8 Å². The molecule has 2 atom stereocenters. The zero-order valence-electron chi connectivity index (χ0n) is 23.6. The van der Waals surface area contributed by atoms with Gasteiger partial charge in [0, 0.05) is 0 Å². The normalized spacial score (nSPS) is 17.8. The number of rotatable bonds is 4. The fourth-order valence-electron chi connectivity index (χ4n) is 5.07. The predicted molar refractivity (Wildman–Crippen MR) is 151 cm³/mol. The Hall–Kier alpha value is -4.13. The second kappa shape index (κ2) is 10.2. The van der Waals surface area contributed by atoms with Gasteiger partial charge in [0.05, 0.1) is 11.7 Å². The number of nitrogens with one attached hydrogen (secondary N) is 1. The number of hydrogen-bond donors (Lipinski definition) is 1. The molecule has 3 amide bonds. The fourth-order valence-corrected chi connectivity index (χ4v) is 5.07. The quantitative estimate of drug-likeness (QED) is 0.401. The Kier molecular flexibility index (Phi) is 7.30. The summed E-state index contributed by atoms with van der Waals surface area (Å²) in [4.78, 5) is 42.8. The molecule has 0 fully saturated rings. The van der Waals surface area contributed by atoms with Crippen molar-refractivity contribution in [1.82, 2.24) is 5.32 Å². The van der Waals surface area contributed by atoms with Crippen molar-refractivity contribution in [3.63, 3.8) is 0 Å². The first-order valence-corrected chi connectivity index (χ1v) is 13.0. The first kappa shape index (κ1) is 27.9. The largest absolute Gasteiger partial charge is 0.444 e.